The number of hydrogen-bond donors (Lipinski definition) is 1. The summed E-state index contributed by atoms with van der Waals surface area (Å²) >= 11 is 0. The minimum absolute atomic E-state index is 0.322. The van der Waals surface area contributed by atoms with E-state index in [0.717, 1.165) is 18.8 Å². The summed E-state index contributed by atoms with van der Waals surface area (Å²) in [6.45, 7) is 2.19. The average Bonchev–Trinajstić information content (AvgIpc) is 3.13. The molecule has 1 N–H and O–H groups in total. The fourth-order valence-corrected chi connectivity index (χ4v) is 5.50. The Kier molecular flexibility index (Phi) is 8.73. The molecule has 7 nitrogen and oxygen atoms in total. The number of amides is 1. The predicted molar refractivity (Wildman–Crippen MR) is 124 cm³/mol. The molecule has 1 heterocycles. The number of methoxy groups -OCH3 is 1. The van der Waals surface area contributed by atoms with E-state index in [-0.39, 0.29) is 5.75 Å². The summed E-state index contributed by atoms with van der Waals surface area (Å²) < 4.78 is 36.0. The highest BCUT2D eigenvalue weighted by Gasteiger charge is 2.22. The van der Waals surface area contributed by atoms with E-state index in [9.17, 15) is 13.2 Å². The SMILES string of the molecule is COc1cccc(-c2nc(CS(=O)(=O)CC(=O)NCCCCC3CCCCC3)c(C)o2)c1. The molecular weight excluding hydrogens is 428 g/mol. The van der Waals surface area contributed by atoms with Gasteiger partial charge in [0.2, 0.25) is 11.8 Å². The van der Waals surface area contributed by atoms with Crippen LogP contribution in [0.4, 0.5) is 0 Å². The number of ether oxygens (including phenoxy) is 1. The molecule has 0 radical (unpaired) electrons. The molecule has 0 saturated heterocycles. The molecule has 1 aromatic carbocycles. The maximum Gasteiger partial charge on any atom is 0.235 e. The van der Waals surface area contributed by atoms with Gasteiger partial charge in [0.1, 0.15) is 17.3 Å². The smallest absolute Gasteiger partial charge is 0.235 e. The van der Waals surface area contributed by atoms with E-state index in [1.807, 2.05) is 12.1 Å². The first kappa shape index (κ1) is 24.3. The lowest BCUT2D eigenvalue weighted by molar-refractivity contribution is -0.118. The average molecular weight is 463 g/mol. The predicted octanol–water partition coefficient (Wildman–Crippen LogP) is 4.44. The van der Waals surface area contributed by atoms with Gasteiger partial charge in [0.25, 0.3) is 0 Å². The van der Waals surface area contributed by atoms with E-state index in [1.165, 1.54) is 38.5 Å². The van der Waals surface area contributed by atoms with Gasteiger partial charge < -0.3 is 14.5 Å². The van der Waals surface area contributed by atoms with Crippen LogP contribution >= 0.6 is 0 Å². The van der Waals surface area contributed by atoms with Crippen molar-refractivity contribution in [2.24, 2.45) is 5.92 Å². The van der Waals surface area contributed by atoms with E-state index in [1.54, 1.807) is 26.2 Å². The van der Waals surface area contributed by atoms with E-state index in [0.29, 0.717) is 35.2 Å². The van der Waals surface area contributed by atoms with Gasteiger partial charge >= 0.3 is 0 Å². The number of nitrogens with one attached hydrogen (secondary N) is 1. The van der Waals surface area contributed by atoms with Gasteiger partial charge in [-0.15, -0.1) is 0 Å². The van der Waals surface area contributed by atoms with Crippen molar-refractivity contribution in [3.8, 4) is 17.2 Å². The Morgan fingerprint density at radius 2 is 2.00 bits per heavy atom. The second-order valence-electron chi connectivity index (χ2n) is 8.64. The number of nitrogens with zero attached hydrogens (tertiary/aromatic N) is 1. The molecule has 1 saturated carbocycles. The van der Waals surface area contributed by atoms with Crippen LogP contribution in [-0.2, 0) is 20.4 Å². The van der Waals surface area contributed by atoms with Crippen LogP contribution in [0.3, 0.4) is 0 Å². The first-order valence-electron chi connectivity index (χ1n) is 11.4. The van der Waals surface area contributed by atoms with Crippen LogP contribution in [0.5, 0.6) is 5.75 Å². The second-order valence-corrected chi connectivity index (χ2v) is 10.7. The number of hydrogen-bond acceptors (Lipinski definition) is 6. The van der Waals surface area contributed by atoms with Crippen molar-refractivity contribution >= 4 is 15.7 Å². The highest BCUT2D eigenvalue weighted by atomic mass is 32.2. The molecule has 0 aliphatic heterocycles. The van der Waals surface area contributed by atoms with Crippen LogP contribution < -0.4 is 10.1 Å². The summed E-state index contributed by atoms with van der Waals surface area (Å²) in [6, 6.07) is 7.20. The molecule has 0 spiro atoms. The van der Waals surface area contributed by atoms with Crippen molar-refractivity contribution in [1.29, 1.82) is 0 Å². The quantitative estimate of drug-likeness (QED) is 0.496. The molecule has 1 aliphatic rings. The molecule has 0 unspecified atom stereocenters. The van der Waals surface area contributed by atoms with Crippen LogP contribution in [0.2, 0.25) is 0 Å². The minimum Gasteiger partial charge on any atom is -0.497 e. The molecule has 1 aromatic heterocycles. The fourth-order valence-electron chi connectivity index (χ4n) is 4.21. The fraction of sp³-hybridized carbons (Fsp3) is 0.583. The van der Waals surface area contributed by atoms with Gasteiger partial charge in [0, 0.05) is 12.1 Å². The number of rotatable bonds is 11. The third-order valence-electron chi connectivity index (χ3n) is 6.00. The molecule has 0 atom stereocenters. The lowest BCUT2D eigenvalue weighted by Crippen LogP contribution is -2.31. The Labute approximate surface area is 190 Å². The first-order chi connectivity index (χ1) is 15.4. The summed E-state index contributed by atoms with van der Waals surface area (Å²) in [6.07, 6.45) is 9.84. The minimum atomic E-state index is -3.66. The van der Waals surface area contributed by atoms with Crippen molar-refractivity contribution in [2.45, 2.75) is 64.0 Å². The molecule has 32 heavy (non-hydrogen) atoms. The van der Waals surface area contributed by atoms with Gasteiger partial charge in [0.05, 0.1) is 18.6 Å². The van der Waals surface area contributed by atoms with E-state index in [4.69, 9.17) is 9.15 Å². The number of benzene rings is 1. The zero-order valence-electron chi connectivity index (χ0n) is 19.1. The summed E-state index contributed by atoms with van der Waals surface area (Å²) in [5.74, 6) is 0.897. The van der Waals surface area contributed by atoms with Crippen LogP contribution in [0.25, 0.3) is 11.5 Å². The maximum atomic E-state index is 12.5. The molecule has 1 amide bonds. The van der Waals surface area contributed by atoms with E-state index in [2.05, 4.69) is 10.3 Å². The van der Waals surface area contributed by atoms with Gasteiger partial charge in [-0.2, -0.15) is 0 Å². The molecule has 1 fully saturated rings. The van der Waals surface area contributed by atoms with E-state index < -0.39 is 21.5 Å². The standard InChI is InChI=1S/C24H34N2O5S/c1-18-22(26-24(31-18)20-12-8-13-21(15-20)30-2)16-32(28,29)17-23(27)25-14-7-6-11-19-9-4-3-5-10-19/h8,12-13,15,19H,3-7,9-11,14,16-17H2,1-2H3,(H,25,27). The molecule has 8 heteroatoms. The largest absolute Gasteiger partial charge is 0.497 e. The number of oxazole rings is 1. The Morgan fingerprint density at radius 3 is 2.75 bits per heavy atom. The number of carbonyl (C=O) groups excluding carboxylic acids is 1. The third-order valence-corrected chi connectivity index (χ3v) is 7.42. The molecule has 0 bridgehead atoms. The van der Waals surface area contributed by atoms with Crippen LogP contribution in [0, 0.1) is 12.8 Å². The Morgan fingerprint density at radius 1 is 1.22 bits per heavy atom. The zero-order valence-corrected chi connectivity index (χ0v) is 19.9. The normalized spacial score (nSPS) is 14.9. The van der Waals surface area contributed by atoms with Crippen LogP contribution in [0.15, 0.2) is 28.7 Å². The molecule has 176 valence electrons. The second kappa shape index (κ2) is 11.5. The lowest BCUT2D eigenvalue weighted by atomic mass is 9.86. The molecular formula is C24H34N2O5S. The summed E-state index contributed by atoms with van der Waals surface area (Å²) in [5, 5.41) is 2.74. The number of sulfone groups is 1. The summed E-state index contributed by atoms with van der Waals surface area (Å²) in [7, 11) is -2.09. The number of aryl methyl sites for hydroxylation is 1. The van der Waals surface area contributed by atoms with Crippen molar-refractivity contribution in [3.63, 3.8) is 0 Å². The summed E-state index contributed by atoms with van der Waals surface area (Å²) in [5.41, 5.74) is 1.02. The summed E-state index contributed by atoms with van der Waals surface area (Å²) in [4.78, 5) is 16.5. The lowest BCUT2D eigenvalue weighted by Gasteiger charge is -2.21. The molecule has 2 aromatic rings. The molecule has 1 aliphatic carbocycles. The Bertz CT molecular complexity index is 994. The third kappa shape index (κ3) is 7.36. The van der Waals surface area contributed by atoms with Crippen molar-refractivity contribution in [2.75, 3.05) is 19.4 Å². The van der Waals surface area contributed by atoms with Gasteiger partial charge in [0.15, 0.2) is 9.84 Å². The molecule has 3 rings (SSSR count). The number of aromatic nitrogens is 1. The Balaban J connectivity index is 1.46. The monoisotopic (exact) mass is 462 g/mol. The first-order valence-corrected chi connectivity index (χ1v) is 13.3. The van der Waals surface area contributed by atoms with Gasteiger partial charge in [-0.05, 0) is 37.5 Å². The van der Waals surface area contributed by atoms with Crippen LogP contribution in [-0.4, -0.2) is 38.7 Å². The maximum absolute atomic E-state index is 12.5. The van der Waals surface area contributed by atoms with Crippen molar-refractivity contribution < 1.29 is 22.4 Å². The van der Waals surface area contributed by atoms with Crippen LogP contribution in [0.1, 0.15) is 62.8 Å². The highest BCUT2D eigenvalue weighted by Crippen LogP contribution is 2.28. The zero-order chi connectivity index (χ0) is 23.0. The van der Waals surface area contributed by atoms with Crippen molar-refractivity contribution in [1.82, 2.24) is 10.3 Å². The number of unbranched alkanes of at least 4 members (excludes halogenated alkanes) is 1. The Hall–Kier alpha value is -2.35. The highest BCUT2D eigenvalue weighted by molar-refractivity contribution is 7.91. The van der Waals surface area contributed by atoms with Crippen molar-refractivity contribution in [3.05, 3.63) is 35.7 Å². The van der Waals surface area contributed by atoms with Gasteiger partial charge in [-0.1, -0.05) is 51.0 Å². The van der Waals surface area contributed by atoms with Gasteiger partial charge in [-0.3, -0.25) is 4.79 Å². The topological polar surface area (TPSA) is 98.5 Å². The number of carbonyl (C=O) groups is 1. The van der Waals surface area contributed by atoms with E-state index >= 15 is 0 Å². The van der Waals surface area contributed by atoms with Gasteiger partial charge in [-0.25, -0.2) is 13.4 Å².